The molecule has 2 aromatic rings. The molecule has 0 aliphatic heterocycles. The van der Waals surface area contributed by atoms with Crippen molar-refractivity contribution in [3.63, 3.8) is 0 Å². The van der Waals surface area contributed by atoms with Gasteiger partial charge in [-0.15, -0.1) is 0 Å². The summed E-state index contributed by atoms with van der Waals surface area (Å²) in [6.07, 6.45) is 2.68. The Labute approximate surface area is 110 Å². The number of rotatable bonds is 3. The molecule has 92 valence electrons. The smallest absolute Gasteiger partial charge is 0.287 e. The number of halogens is 1. The second-order valence-electron chi connectivity index (χ2n) is 3.34. The Balaban J connectivity index is 2.14. The van der Waals surface area contributed by atoms with Gasteiger partial charge in [-0.25, -0.2) is 4.98 Å². The van der Waals surface area contributed by atoms with E-state index in [1.54, 1.807) is 12.1 Å². The van der Waals surface area contributed by atoms with Crippen LogP contribution in [0.2, 0.25) is 0 Å². The number of carbonyl (C=O) groups is 1. The Bertz CT molecular complexity index is 611. The van der Waals surface area contributed by atoms with Gasteiger partial charge < -0.3 is 10.3 Å². The number of aromatic nitrogens is 2. The van der Waals surface area contributed by atoms with Crippen molar-refractivity contribution in [1.82, 2.24) is 9.97 Å². The molecule has 0 aromatic carbocycles. The van der Waals surface area contributed by atoms with Gasteiger partial charge in [-0.1, -0.05) is 15.9 Å². The zero-order chi connectivity index (χ0) is 13.1. The van der Waals surface area contributed by atoms with E-state index in [9.17, 15) is 14.9 Å². The molecule has 0 atom stereocenters. The molecular formula is C10H7BrN4O3. The SMILES string of the molecule is O=C(Nc1cc(Br)ccn1)c1cc([N+](=O)[O-])c[nH]1. The lowest BCUT2D eigenvalue weighted by atomic mass is 10.4. The van der Waals surface area contributed by atoms with Crippen molar-refractivity contribution >= 4 is 33.3 Å². The van der Waals surface area contributed by atoms with Gasteiger partial charge in [0.2, 0.25) is 0 Å². The molecule has 0 fully saturated rings. The lowest BCUT2D eigenvalue weighted by molar-refractivity contribution is -0.384. The molecule has 8 heteroatoms. The number of H-pyrrole nitrogens is 1. The van der Waals surface area contributed by atoms with Crippen molar-refractivity contribution in [1.29, 1.82) is 0 Å². The van der Waals surface area contributed by atoms with E-state index in [0.717, 1.165) is 16.7 Å². The van der Waals surface area contributed by atoms with E-state index in [-0.39, 0.29) is 11.4 Å². The first-order chi connectivity index (χ1) is 8.56. The first-order valence-corrected chi connectivity index (χ1v) is 5.61. The van der Waals surface area contributed by atoms with Crippen LogP contribution in [0.3, 0.4) is 0 Å². The number of aromatic amines is 1. The Morgan fingerprint density at radius 3 is 2.89 bits per heavy atom. The summed E-state index contributed by atoms with van der Waals surface area (Å²) in [5.41, 5.74) is -0.0640. The van der Waals surface area contributed by atoms with Gasteiger partial charge in [0.25, 0.3) is 11.6 Å². The fourth-order valence-corrected chi connectivity index (χ4v) is 1.61. The third kappa shape index (κ3) is 2.72. The van der Waals surface area contributed by atoms with Crippen LogP contribution in [-0.2, 0) is 0 Å². The van der Waals surface area contributed by atoms with E-state index in [4.69, 9.17) is 0 Å². The highest BCUT2D eigenvalue weighted by atomic mass is 79.9. The number of amides is 1. The van der Waals surface area contributed by atoms with Gasteiger partial charge in [-0.3, -0.25) is 14.9 Å². The van der Waals surface area contributed by atoms with Crippen molar-refractivity contribution in [2.24, 2.45) is 0 Å². The van der Waals surface area contributed by atoms with Gasteiger partial charge in [0.15, 0.2) is 0 Å². The Hall–Kier alpha value is -2.22. The van der Waals surface area contributed by atoms with Crippen LogP contribution in [-0.4, -0.2) is 20.8 Å². The van der Waals surface area contributed by atoms with Crippen LogP contribution in [0.15, 0.2) is 35.1 Å². The molecule has 0 spiro atoms. The van der Waals surface area contributed by atoms with Crippen LogP contribution in [0.1, 0.15) is 10.5 Å². The number of hydrogen-bond acceptors (Lipinski definition) is 4. The molecule has 0 unspecified atom stereocenters. The van der Waals surface area contributed by atoms with Crippen molar-refractivity contribution in [2.75, 3.05) is 5.32 Å². The maximum atomic E-state index is 11.7. The van der Waals surface area contributed by atoms with Crippen LogP contribution in [0.4, 0.5) is 11.5 Å². The van der Waals surface area contributed by atoms with E-state index >= 15 is 0 Å². The second-order valence-corrected chi connectivity index (χ2v) is 4.26. The molecule has 0 aliphatic carbocycles. The molecule has 1 amide bonds. The molecule has 0 saturated heterocycles. The number of pyridine rings is 1. The predicted molar refractivity (Wildman–Crippen MR) is 67.3 cm³/mol. The molecule has 18 heavy (non-hydrogen) atoms. The van der Waals surface area contributed by atoms with Gasteiger partial charge in [0, 0.05) is 16.7 Å². The molecule has 2 N–H and O–H groups in total. The van der Waals surface area contributed by atoms with Crippen LogP contribution in [0, 0.1) is 10.1 Å². The fourth-order valence-electron chi connectivity index (χ4n) is 1.28. The molecule has 2 aromatic heterocycles. The van der Waals surface area contributed by atoms with Gasteiger partial charge in [0.1, 0.15) is 11.5 Å². The Kier molecular flexibility index (Phi) is 3.38. The molecule has 0 aliphatic rings. The summed E-state index contributed by atoms with van der Waals surface area (Å²) >= 11 is 3.24. The quantitative estimate of drug-likeness (QED) is 0.671. The zero-order valence-electron chi connectivity index (χ0n) is 8.88. The highest BCUT2D eigenvalue weighted by molar-refractivity contribution is 9.10. The number of anilines is 1. The van der Waals surface area contributed by atoms with Crippen molar-refractivity contribution in [3.8, 4) is 0 Å². The number of nitrogens with zero attached hydrogens (tertiary/aromatic N) is 2. The fraction of sp³-hybridized carbons (Fsp3) is 0. The molecular weight excluding hydrogens is 304 g/mol. The number of carbonyl (C=O) groups excluding carboxylic acids is 1. The first kappa shape index (κ1) is 12.2. The van der Waals surface area contributed by atoms with Crippen molar-refractivity contribution in [3.05, 3.63) is 50.9 Å². The van der Waals surface area contributed by atoms with E-state index in [1.807, 2.05) is 0 Å². The molecule has 0 bridgehead atoms. The summed E-state index contributed by atoms with van der Waals surface area (Å²) < 4.78 is 0.769. The summed E-state index contributed by atoms with van der Waals surface area (Å²) in [4.78, 5) is 28.1. The summed E-state index contributed by atoms with van der Waals surface area (Å²) in [5.74, 6) is -0.139. The minimum atomic E-state index is -0.579. The highest BCUT2D eigenvalue weighted by Gasteiger charge is 2.14. The number of nitro groups is 1. The molecule has 2 rings (SSSR count). The topological polar surface area (TPSA) is 101 Å². The number of nitrogens with one attached hydrogen (secondary N) is 2. The second kappa shape index (κ2) is 4.96. The van der Waals surface area contributed by atoms with E-state index in [2.05, 4.69) is 31.2 Å². The van der Waals surface area contributed by atoms with Gasteiger partial charge in [0.05, 0.1) is 11.1 Å². The maximum absolute atomic E-state index is 11.7. The Morgan fingerprint density at radius 1 is 1.50 bits per heavy atom. The lowest BCUT2D eigenvalue weighted by Crippen LogP contribution is -2.13. The standard InChI is InChI=1S/C10H7BrN4O3/c11-6-1-2-12-9(3-6)14-10(16)8-4-7(5-13-8)15(17)18/h1-5,13H,(H,12,14,16). The van der Waals surface area contributed by atoms with Crippen LogP contribution in [0.25, 0.3) is 0 Å². The molecule has 0 saturated carbocycles. The minimum absolute atomic E-state index is 0.100. The van der Waals surface area contributed by atoms with Gasteiger partial charge in [-0.05, 0) is 12.1 Å². The number of hydrogen-bond donors (Lipinski definition) is 2. The average Bonchev–Trinajstić information content (AvgIpc) is 2.78. The zero-order valence-corrected chi connectivity index (χ0v) is 10.5. The van der Waals surface area contributed by atoms with Crippen molar-refractivity contribution < 1.29 is 9.72 Å². The molecule has 0 radical (unpaired) electrons. The first-order valence-electron chi connectivity index (χ1n) is 4.82. The van der Waals surface area contributed by atoms with Crippen LogP contribution in [0.5, 0.6) is 0 Å². The third-order valence-electron chi connectivity index (χ3n) is 2.09. The molecule has 2 heterocycles. The summed E-state index contributed by atoms with van der Waals surface area (Å²) in [7, 11) is 0. The van der Waals surface area contributed by atoms with Crippen LogP contribution < -0.4 is 5.32 Å². The highest BCUT2D eigenvalue weighted by Crippen LogP contribution is 2.15. The van der Waals surface area contributed by atoms with Gasteiger partial charge >= 0.3 is 0 Å². The largest absolute Gasteiger partial charge is 0.351 e. The average molecular weight is 311 g/mol. The van der Waals surface area contributed by atoms with Crippen molar-refractivity contribution in [2.45, 2.75) is 0 Å². The summed E-state index contributed by atoms with van der Waals surface area (Å²) in [6.45, 7) is 0. The Morgan fingerprint density at radius 2 is 2.28 bits per heavy atom. The third-order valence-corrected chi connectivity index (χ3v) is 2.58. The van der Waals surface area contributed by atoms with Gasteiger partial charge in [-0.2, -0.15) is 0 Å². The van der Waals surface area contributed by atoms with Crippen LogP contribution >= 0.6 is 15.9 Å². The van der Waals surface area contributed by atoms with E-state index in [0.29, 0.717) is 5.82 Å². The predicted octanol–water partition coefficient (Wildman–Crippen LogP) is 2.33. The maximum Gasteiger partial charge on any atom is 0.287 e. The normalized spacial score (nSPS) is 10.1. The minimum Gasteiger partial charge on any atom is -0.351 e. The summed E-state index contributed by atoms with van der Waals surface area (Å²) in [5, 5.41) is 13.0. The lowest BCUT2D eigenvalue weighted by Gasteiger charge is -2.02. The molecule has 7 nitrogen and oxygen atoms in total. The monoisotopic (exact) mass is 310 g/mol. The van der Waals surface area contributed by atoms with E-state index in [1.165, 1.54) is 6.20 Å². The van der Waals surface area contributed by atoms with E-state index < -0.39 is 10.8 Å². The summed E-state index contributed by atoms with van der Waals surface area (Å²) in [6, 6.07) is 4.50.